The summed E-state index contributed by atoms with van der Waals surface area (Å²) in [7, 11) is 1.90. The van der Waals surface area contributed by atoms with Crippen LogP contribution in [0.1, 0.15) is 10.4 Å². The second-order valence-electron chi connectivity index (χ2n) is 6.30. The number of benzene rings is 2. The average molecular weight is 389 g/mol. The van der Waals surface area contributed by atoms with E-state index in [1.165, 1.54) is 0 Å². The highest BCUT2D eigenvalue weighted by atomic mass is 35.5. The molecule has 4 rings (SSSR count). The Bertz CT molecular complexity index is 1120. The standard InChI is InChI=1S/C22H17ClN4O/c1-27-20(13-19(26-27)15-6-3-2-4-7-15)17-10-11-21(24-14-17)25-22(28)16-8-5-9-18(23)12-16/h2-14H,1H3,(H,24,25,28). The Morgan fingerprint density at radius 3 is 2.50 bits per heavy atom. The Morgan fingerprint density at radius 2 is 1.79 bits per heavy atom. The second kappa shape index (κ2) is 7.66. The van der Waals surface area contributed by atoms with E-state index in [-0.39, 0.29) is 5.91 Å². The topological polar surface area (TPSA) is 59.8 Å². The van der Waals surface area contributed by atoms with E-state index in [0.717, 1.165) is 22.5 Å². The van der Waals surface area contributed by atoms with Crippen LogP contribution in [0.25, 0.3) is 22.5 Å². The lowest BCUT2D eigenvalue weighted by Crippen LogP contribution is -2.12. The number of anilines is 1. The molecule has 0 aliphatic rings. The largest absolute Gasteiger partial charge is 0.307 e. The van der Waals surface area contributed by atoms with Gasteiger partial charge < -0.3 is 5.32 Å². The molecule has 0 fully saturated rings. The minimum atomic E-state index is -0.255. The van der Waals surface area contributed by atoms with Crippen molar-refractivity contribution in [1.29, 1.82) is 0 Å². The quantitative estimate of drug-likeness (QED) is 0.532. The number of nitrogens with one attached hydrogen (secondary N) is 1. The highest BCUT2D eigenvalue weighted by Gasteiger charge is 2.11. The van der Waals surface area contributed by atoms with Gasteiger partial charge in [0, 0.05) is 35.0 Å². The van der Waals surface area contributed by atoms with E-state index in [1.807, 2.05) is 54.2 Å². The monoisotopic (exact) mass is 388 g/mol. The number of rotatable bonds is 4. The van der Waals surface area contributed by atoms with Gasteiger partial charge in [0.1, 0.15) is 5.82 Å². The SMILES string of the molecule is Cn1nc(-c2ccccc2)cc1-c1ccc(NC(=O)c2cccc(Cl)c2)nc1. The number of aryl methyl sites for hydroxylation is 1. The van der Waals surface area contributed by atoms with E-state index >= 15 is 0 Å². The van der Waals surface area contributed by atoms with Crippen LogP contribution in [-0.4, -0.2) is 20.7 Å². The zero-order chi connectivity index (χ0) is 19.5. The van der Waals surface area contributed by atoms with Gasteiger partial charge in [-0.2, -0.15) is 5.10 Å². The van der Waals surface area contributed by atoms with E-state index in [0.29, 0.717) is 16.4 Å². The molecular weight excluding hydrogens is 372 g/mol. The first kappa shape index (κ1) is 17.9. The molecule has 2 aromatic heterocycles. The summed E-state index contributed by atoms with van der Waals surface area (Å²) in [6.07, 6.45) is 1.72. The highest BCUT2D eigenvalue weighted by Crippen LogP contribution is 2.25. The van der Waals surface area contributed by atoms with Crippen molar-refractivity contribution in [3.63, 3.8) is 0 Å². The molecule has 0 radical (unpaired) electrons. The fourth-order valence-electron chi connectivity index (χ4n) is 2.92. The number of halogens is 1. The average Bonchev–Trinajstić information content (AvgIpc) is 3.11. The van der Waals surface area contributed by atoms with Gasteiger partial charge in [-0.3, -0.25) is 9.48 Å². The van der Waals surface area contributed by atoms with Crippen LogP contribution in [0, 0.1) is 0 Å². The number of aromatic nitrogens is 3. The lowest BCUT2D eigenvalue weighted by Gasteiger charge is -2.06. The molecule has 0 saturated carbocycles. The van der Waals surface area contributed by atoms with Crippen molar-refractivity contribution >= 4 is 23.3 Å². The molecule has 0 bridgehead atoms. The minimum Gasteiger partial charge on any atom is -0.307 e. The molecular formula is C22H17ClN4O. The third-order valence-corrected chi connectivity index (χ3v) is 4.57. The minimum absolute atomic E-state index is 0.255. The molecule has 2 heterocycles. The predicted molar refractivity (Wildman–Crippen MR) is 111 cm³/mol. The Balaban J connectivity index is 1.54. The van der Waals surface area contributed by atoms with Gasteiger partial charge >= 0.3 is 0 Å². The summed E-state index contributed by atoms with van der Waals surface area (Å²) in [5.41, 5.74) is 4.30. The first-order chi connectivity index (χ1) is 13.6. The fraction of sp³-hybridized carbons (Fsp3) is 0.0455. The molecule has 2 aromatic carbocycles. The predicted octanol–water partition coefficient (Wildman–Crippen LogP) is 5.05. The summed E-state index contributed by atoms with van der Waals surface area (Å²) in [4.78, 5) is 16.7. The fourth-order valence-corrected chi connectivity index (χ4v) is 3.12. The van der Waals surface area contributed by atoms with Crippen LogP contribution in [0.15, 0.2) is 79.0 Å². The van der Waals surface area contributed by atoms with Gasteiger partial charge in [-0.25, -0.2) is 4.98 Å². The van der Waals surface area contributed by atoms with Gasteiger partial charge in [0.2, 0.25) is 0 Å². The van der Waals surface area contributed by atoms with Crippen LogP contribution < -0.4 is 5.32 Å². The van der Waals surface area contributed by atoms with E-state index in [9.17, 15) is 4.79 Å². The number of pyridine rings is 1. The maximum atomic E-state index is 12.3. The number of nitrogens with zero attached hydrogens (tertiary/aromatic N) is 3. The molecule has 6 heteroatoms. The van der Waals surface area contributed by atoms with Crippen molar-refractivity contribution in [2.24, 2.45) is 7.05 Å². The lowest BCUT2D eigenvalue weighted by atomic mass is 10.1. The van der Waals surface area contributed by atoms with E-state index < -0.39 is 0 Å². The number of amides is 1. The number of carbonyl (C=O) groups is 1. The Labute approximate surface area is 167 Å². The third kappa shape index (κ3) is 3.80. The van der Waals surface area contributed by atoms with Gasteiger partial charge in [-0.05, 0) is 36.4 Å². The van der Waals surface area contributed by atoms with Crippen LogP contribution in [0.3, 0.4) is 0 Å². The molecule has 138 valence electrons. The molecule has 28 heavy (non-hydrogen) atoms. The summed E-state index contributed by atoms with van der Waals surface area (Å²) in [6, 6.07) is 22.5. The zero-order valence-corrected chi connectivity index (χ0v) is 15.9. The van der Waals surface area contributed by atoms with Crippen molar-refractivity contribution in [2.75, 3.05) is 5.32 Å². The zero-order valence-electron chi connectivity index (χ0n) is 15.1. The van der Waals surface area contributed by atoms with Gasteiger partial charge in [-0.1, -0.05) is 48.0 Å². The van der Waals surface area contributed by atoms with Crippen molar-refractivity contribution in [2.45, 2.75) is 0 Å². The molecule has 1 amide bonds. The maximum absolute atomic E-state index is 12.3. The summed E-state index contributed by atoms with van der Waals surface area (Å²) in [5, 5.41) is 7.88. The molecule has 0 saturated heterocycles. The van der Waals surface area contributed by atoms with E-state index in [4.69, 9.17) is 11.6 Å². The number of carbonyl (C=O) groups excluding carboxylic acids is 1. The van der Waals surface area contributed by atoms with Crippen LogP contribution >= 0.6 is 11.6 Å². The van der Waals surface area contributed by atoms with Gasteiger partial charge in [0.25, 0.3) is 5.91 Å². The van der Waals surface area contributed by atoms with Gasteiger partial charge in [0.15, 0.2) is 0 Å². The first-order valence-corrected chi connectivity index (χ1v) is 9.11. The molecule has 0 atom stereocenters. The Hall–Kier alpha value is -3.44. The van der Waals surface area contributed by atoms with Crippen LogP contribution in [0.5, 0.6) is 0 Å². The van der Waals surface area contributed by atoms with Crippen LogP contribution in [0.4, 0.5) is 5.82 Å². The molecule has 0 spiro atoms. The highest BCUT2D eigenvalue weighted by molar-refractivity contribution is 6.31. The lowest BCUT2D eigenvalue weighted by molar-refractivity contribution is 0.102. The Kier molecular flexibility index (Phi) is 4.91. The summed E-state index contributed by atoms with van der Waals surface area (Å²) in [5.74, 6) is 0.217. The molecule has 1 N–H and O–H groups in total. The van der Waals surface area contributed by atoms with Crippen molar-refractivity contribution in [3.05, 3.63) is 89.6 Å². The van der Waals surface area contributed by atoms with Gasteiger partial charge in [0.05, 0.1) is 11.4 Å². The molecule has 4 aromatic rings. The molecule has 0 aliphatic carbocycles. The Morgan fingerprint density at radius 1 is 0.964 bits per heavy atom. The summed E-state index contributed by atoms with van der Waals surface area (Å²) >= 11 is 5.94. The van der Waals surface area contributed by atoms with Crippen molar-refractivity contribution < 1.29 is 4.79 Å². The van der Waals surface area contributed by atoms with Crippen LogP contribution in [-0.2, 0) is 7.05 Å². The van der Waals surface area contributed by atoms with Crippen molar-refractivity contribution in [1.82, 2.24) is 14.8 Å². The molecule has 5 nitrogen and oxygen atoms in total. The van der Waals surface area contributed by atoms with Crippen LogP contribution in [0.2, 0.25) is 5.02 Å². The molecule has 0 aliphatic heterocycles. The number of hydrogen-bond donors (Lipinski definition) is 1. The molecule has 0 unspecified atom stereocenters. The normalized spacial score (nSPS) is 10.6. The third-order valence-electron chi connectivity index (χ3n) is 4.34. The van der Waals surface area contributed by atoms with E-state index in [2.05, 4.69) is 15.4 Å². The summed E-state index contributed by atoms with van der Waals surface area (Å²) in [6.45, 7) is 0. The summed E-state index contributed by atoms with van der Waals surface area (Å²) < 4.78 is 1.82. The smallest absolute Gasteiger partial charge is 0.256 e. The second-order valence-corrected chi connectivity index (χ2v) is 6.74. The van der Waals surface area contributed by atoms with E-state index in [1.54, 1.807) is 36.5 Å². The van der Waals surface area contributed by atoms with Gasteiger partial charge in [-0.15, -0.1) is 0 Å². The first-order valence-electron chi connectivity index (χ1n) is 8.73. The number of hydrogen-bond acceptors (Lipinski definition) is 3. The van der Waals surface area contributed by atoms with Crippen molar-refractivity contribution in [3.8, 4) is 22.5 Å². The maximum Gasteiger partial charge on any atom is 0.256 e.